The van der Waals surface area contributed by atoms with Gasteiger partial charge in [-0.3, -0.25) is 4.79 Å². The number of carbonyl (C=O) groups excluding carboxylic acids is 1. The van der Waals surface area contributed by atoms with Crippen molar-refractivity contribution in [3.63, 3.8) is 0 Å². The third-order valence-electron chi connectivity index (χ3n) is 3.28. The van der Waals surface area contributed by atoms with E-state index in [2.05, 4.69) is 17.1 Å². The third-order valence-corrected chi connectivity index (χ3v) is 3.28. The molecule has 1 fully saturated rings. The predicted octanol–water partition coefficient (Wildman–Crippen LogP) is 2.15. The molecule has 2 rings (SSSR count). The van der Waals surface area contributed by atoms with Gasteiger partial charge in [0.05, 0.1) is 0 Å². The Balaban J connectivity index is 1.89. The van der Waals surface area contributed by atoms with Crippen molar-refractivity contribution in [1.29, 1.82) is 0 Å². The van der Waals surface area contributed by atoms with Crippen LogP contribution in [0.5, 0.6) is 0 Å². The summed E-state index contributed by atoms with van der Waals surface area (Å²) in [5, 5.41) is 3.02. The monoisotopic (exact) mass is 261 g/mol. The Bertz CT molecular complexity index is 429. The fraction of sp³-hybridized carbons (Fsp3) is 0.533. The molecular formula is C15H23N3O. The molecular weight excluding hydrogens is 238 g/mol. The van der Waals surface area contributed by atoms with Gasteiger partial charge in [0.15, 0.2) is 0 Å². The van der Waals surface area contributed by atoms with Crippen LogP contribution >= 0.6 is 0 Å². The molecule has 0 unspecified atom stereocenters. The van der Waals surface area contributed by atoms with Gasteiger partial charge in [-0.25, -0.2) is 0 Å². The van der Waals surface area contributed by atoms with Crippen LogP contribution in [0.25, 0.3) is 0 Å². The maximum Gasteiger partial charge on any atom is 0.221 e. The van der Waals surface area contributed by atoms with E-state index in [1.807, 2.05) is 24.3 Å². The Kier molecular flexibility index (Phi) is 4.66. The molecule has 3 N–H and O–H groups in total. The van der Waals surface area contributed by atoms with Crippen molar-refractivity contribution in [1.82, 2.24) is 5.32 Å². The Morgan fingerprint density at radius 2 is 2.21 bits per heavy atom. The zero-order chi connectivity index (χ0) is 13.7. The van der Waals surface area contributed by atoms with Crippen molar-refractivity contribution >= 4 is 17.3 Å². The quantitative estimate of drug-likeness (QED) is 0.739. The Hall–Kier alpha value is -1.71. The number of nitrogens with zero attached hydrogens (tertiary/aromatic N) is 1. The smallest absolute Gasteiger partial charge is 0.221 e. The molecule has 4 heteroatoms. The first-order valence-corrected chi connectivity index (χ1v) is 7.09. The molecule has 1 aromatic carbocycles. The molecule has 104 valence electrons. The van der Waals surface area contributed by atoms with Crippen molar-refractivity contribution in [2.75, 3.05) is 23.7 Å². The van der Waals surface area contributed by atoms with Crippen LogP contribution in [0.1, 0.15) is 32.6 Å². The first-order chi connectivity index (χ1) is 9.19. The van der Waals surface area contributed by atoms with Crippen LogP contribution < -0.4 is 16.0 Å². The molecule has 19 heavy (non-hydrogen) atoms. The molecule has 0 saturated heterocycles. The van der Waals surface area contributed by atoms with Gasteiger partial charge in [0.2, 0.25) is 5.91 Å². The van der Waals surface area contributed by atoms with Crippen LogP contribution in [0.2, 0.25) is 0 Å². The number of benzene rings is 1. The number of rotatable bonds is 7. The first-order valence-electron chi connectivity index (χ1n) is 7.09. The zero-order valence-corrected chi connectivity index (χ0v) is 11.6. The summed E-state index contributed by atoms with van der Waals surface area (Å²) in [4.78, 5) is 14.0. The van der Waals surface area contributed by atoms with E-state index in [-0.39, 0.29) is 5.91 Å². The van der Waals surface area contributed by atoms with E-state index in [0.717, 1.165) is 43.7 Å². The van der Waals surface area contributed by atoms with Crippen molar-refractivity contribution in [3.05, 3.63) is 24.3 Å². The fourth-order valence-electron chi connectivity index (χ4n) is 2.13. The molecule has 1 saturated carbocycles. The lowest BCUT2D eigenvalue weighted by Crippen LogP contribution is -2.32. The molecule has 0 bridgehead atoms. The summed E-state index contributed by atoms with van der Waals surface area (Å²) in [6, 6.07) is 8.30. The lowest BCUT2D eigenvalue weighted by molar-refractivity contribution is -0.121. The Morgan fingerprint density at radius 1 is 1.42 bits per heavy atom. The average molecular weight is 261 g/mol. The Labute approximate surface area is 115 Å². The lowest BCUT2D eigenvalue weighted by atomic mass is 10.2. The highest BCUT2D eigenvalue weighted by Crippen LogP contribution is 2.20. The number of amides is 1. The van der Waals surface area contributed by atoms with Crippen LogP contribution in [0.15, 0.2) is 24.3 Å². The molecule has 1 aliphatic rings. The average Bonchev–Trinajstić information content (AvgIpc) is 3.18. The molecule has 0 radical (unpaired) electrons. The van der Waals surface area contributed by atoms with Gasteiger partial charge in [-0.05, 0) is 37.5 Å². The van der Waals surface area contributed by atoms with Crippen LogP contribution in [-0.2, 0) is 4.79 Å². The van der Waals surface area contributed by atoms with E-state index in [0.29, 0.717) is 12.5 Å². The van der Waals surface area contributed by atoms with Crippen molar-refractivity contribution in [3.8, 4) is 0 Å². The van der Waals surface area contributed by atoms with Crippen molar-refractivity contribution in [2.24, 2.45) is 0 Å². The molecule has 4 nitrogen and oxygen atoms in total. The predicted molar refractivity (Wildman–Crippen MR) is 79.1 cm³/mol. The number of carbonyl (C=O) groups is 1. The van der Waals surface area contributed by atoms with E-state index in [1.165, 1.54) is 0 Å². The van der Waals surface area contributed by atoms with Crippen LogP contribution in [0.4, 0.5) is 11.4 Å². The Morgan fingerprint density at radius 3 is 2.84 bits per heavy atom. The minimum Gasteiger partial charge on any atom is -0.399 e. The SMILES string of the molecule is CCCN(CCC(=O)NC1CC1)c1cccc(N)c1. The number of anilines is 2. The minimum absolute atomic E-state index is 0.160. The van der Waals surface area contributed by atoms with Gasteiger partial charge in [-0.1, -0.05) is 13.0 Å². The van der Waals surface area contributed by atoms with Gasteiger partial charge in [0.1, 0.15) is 0 Å². The second-order valence-electron chi connectivity index (χ2n) is 5.17. The summed E-state index contributed by atoms with van der Waals surface area (Å²) in [7, 11) is 0. The molecule has 0 atom stereocenters. The van der Waals surface area contributed by atoms with Gasteiger partial charge < -0.3 is 16.0 Å². The van der Waals surface area contributed by atoms with Crippen LogP contribution in [0.3, 0.4) is 0 Å². The van der Waals surface area contributed by atoms with Gasteiger partial charge >= 0.3 is 0 Å². The van der Waals surface area contributed by atoms with Gasteiger partial charge in [0, 0.05) is 36.9 Å². The van der Waals surface area contributed by atoms with Crippen LogP contribution in [0, 0.1) is 0 Å². The normalized spacial score (nSPS) is 14.2. The van der Waals surface area contributed by atoms with E-state index in [4.69, 9.17) is 5.73 Å². The summed E-state index contributed by atoms with van der Waals surface area (Å²) >= 11 is 0. The maximum atomic E-state index is 11.7. The van der Waals surface area contributed by atoms with Gasteiger partial charge in [0.25, 0.3) is 0 Å². The third kappa shape index (κ3) is 4.47. The van der Waals surface area contributed by atoms with E-state index < -0.39 is 0 Å². The summed E-state index contributed by atoms with van der Waals surface area (Å²) < 4.78 is 0. The molecule has 0 heterocycles. The second kappa shape index (κ2) is 6.45. The zero-order valence-electron chi connectivity index (χ0n) is 11.6. The lowest BCUT2D eigenvalue weighted by Gasteiger charge is -2.24. The first kappa shape index (κ1) is 13.7. The number of hydrogen-bond donors (Lipinski definition) is 2. The minimum atomic E-state index is 0.160. The largest absolute Gasteiger partial charge is 0.399 e. The standard InChI is InChI=1S/C15H23N3O/c1-2-9-18(14-5-3-4-12(16)11-14)10-8-15(19)17-13-6-7-13/h3-5,11,13H,2,6-10,16H2,1H3,(H,17,19). The molecule has 1 amide bonds. The summed E-state index contributed by atoms with van der Waals surface area (Å²) in [5.74, 6) is 0.160. The highest BCUT2D eigenvalue weighted by Gasteiger charge is 2.23. The fourth-order valence-corrected chi connectivity index (χ4v) is 2.13. The van der Waals surface area contributed by atoms with E-state index in [9.17, 15) is 4.79 Å². The summed E-state index contributed by atoms with van der Waals surface area (Å²) in [6.45, 7) is 3.83. The molecule has 0 aliphatic heterocycles. The summed E-state index contributed by atoms with van der Waals surface area (Å²) in [5.41, 5.74) is 7.68. The highest BCUT2D eigenvalue weighted by atomic mass is 16.1. The van der Waals surface area contributed by atoms with Crippen molar-refractivity contribution < 1.29 is 4.79 Å². The second-order valence-corrected chi connectivity index (χ2v) is 5.17. The topological polar surface area (TPSA) is 58.4 Å². The number of nitrogens with two attached hydrogens (primary N) is 1. The van der Waals surface area contributed by atoms with E-state index in [1.54, 1.807) is 0 Å². The number of nitrogen functional groups attached to an aromatic ring is 1. The summed E-state index contributed by atoms with van der Waals surface area (Å²) in [6.07, 6.45) is 3.88. The van der Waals surface area contributed by atoms with Gasteiger partial charge in [-0.15, -0.1) is 0 Å². The molecule has 1 aromatic rings. The highest BCUT2D eigenvalue weighted by molar-refractivity contribution is 5.77. The molecule has 0 spiro atoms. The van der Waals surface area contributed by atoms with Crippen molar-refractivity contribution in [2.45, 2.75) is 38.6 Å². The van der Waals surface area contributed by atoms with Crippen LogP contribution in [-0.4, -0.2) is 25.0 Å². The molecule has 0 aromatic heterocycles. The number of nitrogens with one attached hydrogen (secondary N) is 1. The number of hydrogen-bond acceptors (Lipinski definition) is 3. The van der Waals surface area contributed by atoms with E-state index >= 15 is 0 Å². The molecule has 1 aliphatic carbocycles. The maximum absolute atomic E-state index is 11.7. The van der Waals surface area contributed by atoms with Gasteiger partial charge in [-0.2, -0.15) is 0 Å².